The number of para-hydroxylation sites is 1. The molecule has 6 aliphatic rings. The van der Waals surface area contributed by atoms with Gasteiger partial charge < -0.3 is 14.1 Å². The molecular weight excluding hydrogens is 896 g/mol. The highest BCUT2D eigenvalue weighted by Gasteiger charge is 2.53. The average Bonchev–Trinajstić information content (AvgIpc) is 3.86. The summed E-state index contributed by atoms with van der Waals surface area (Å²) in [6.45, 7) is 37.0. The van der Waals surface area contributed by atoms with Crippen molar-refractivity contribution in [1.82, 2.24) is 0 Å². The largest absolute Gasteiger partial charge is 0.454 e. The first kappa shape index (κ1) is 46.5. The van der Waals surface area contributed by atoms with Crippen LogP contribution in [0.5, 0.6) is 0 Å². The Morgan fingerprint density at radius 3 is 1.64 bits per heavy atom. The summed E-state index contributed by atoms with van der Waals surface area (Å²) in [5.41, 5.74) is 29.4. The third-order valence-electron chi connectivity index (χ3n) is 20.7. The Morgan fingerprint density at radius 1 is 0.419 bits per heavy atom. The standard InChI is InChI=1S/C70H75BN2O/c1-40-34-50-53(68(10,11)32-30-65(50,4)5)38-56(40)72-55-27-25-44-42-20-16-18-22-48(42)70(14,15)59(44)61(55)71-60-46(36-47-43-21-17-19-23-58(43)74-63(47)62(60)72)45-37-52-54(69(12,13)33-31-67(52,8)9)39-57(45)73(71)41-24-26-49-51(35-41)66(6,7)29-28-64(49,2)3/h16-27,34-39H,28-33H2,1-15H3. The smallest absolute Gasteiger partial charge is 0.333 e. The average molecular weight is 971 g/mol. The molecule has 374 valence electrons. The van der Waals surface area contributed by atoms with Crippen LogP contribution in [0, 0.1) is 6.92 Å². The molecule has 0 amide bonds. The van der Waals surface area contributed by atoms with E-state index in [4.69, 9.17) is 4.42 Å². The van der Waals surface area contributed by atoms with Gasteiger partial charge in [0.15, 0.2) is 5.58 Å². The quantitative estimate of drug-likeness (QED) is 0.161. The van der Waals surface area contributed by atoms with Gasteiger partial charge in [-0.15, -0.1) is 0 Å². The van der Waals surface area contributed by atoms with E-state index >= 15 is 0 Å². The number of hydrogen-bond donors (Lipinski definition) is 0. The highest BCUT2D eigenvalue weighted by atomic mass is 16.3. The third kappa shape index (κ3) is 6.03. The normalized spacial score (nSPS) is 21.0. The minimum absolute atomic E-state index is 0.0159. The van der Waals surface area contributed by atoms with Crippen molar-refractivity contribution in [1.29, 1.82) is 0 Å². The van der Waals surface area contributed by atoms with Crippen LogP contribution in [0.4, 0.5) is 28.4 Å². The Morgan fingerprint density at radius 2 is 0.973 bits per heavy atom. The summed E-state index contributed by atoms with van der Waals surface area (Å²) in [5, 5.41) is 2.35. The van der Waals surface area contributed by atoms with Crippen molar-refractivity contribution in [3.8, 4) is 22.3 Å². The maximum atomic E-state index is 7.44. The lowest BCUT2D eigenvalue weighted by atomic mass is 9.41. The lowest BCUT2D eigenvalue weighted by Gasteiger charge is -2.50. The van der Waals surface area contributed by atoms with Crippen molar-refractivity contribution < 1.29 is 4.42 Å². The maximum absolute atomic E-state index is 7.44. The fraction of sp³-hybridized carbons (Fsp3) is 0.400. The molecule has 0 bridgehead atoms. The summed E-state index contributed by atoms with van der Waals surface area (Å²) >= 11 is 0. The summed E-state index contributed by atoms with van der Waals surface area (Å²) < 4.78 is 7.44. The van der Waals surface area contributed by atoms with Crippen molar-refractivity contribution in [2.75, 3.05) is 9.71 Å². The Hall–Kier alpha value is -6.00. The van der Waals surface area contributed by atoms with Crippen molar-refractivity contribution >= 4 is 68.1 Å². The molecule has 0 N–H and O–H groups in total. The highest BCUT2D eigenvalue weighted by Crippen LogP contribution is 2.59. The predicted octanol–water partition coefficient (Wildman–Crippen LogP) is 18.0. The Bertz CT molecular complexity index is 3810. The molecule has 0 unspecified atom stereocenters. The van der Waals surface area contributed by atoms with Gasteiger partial charge in [0.2, 0.25) is 0 Å². The van der Waals surface area contributed by atoms with E-state index in [1.54, 1.807) is 0 Å². The molecule has 4 aliphatic carbocycles. The van der Waals surface area contributed by atoms with Gasteiger partial charge in [0.1, 0.15) is 5.58 Å². The van der Waals surface area contributed by atoms with Crippen molar-refractivity contribution in [2.24, 2.45) is 0 Å². The van der Waals surface area contributed by atoms with Gasteiger partial charge in [-0.1, -0.05) is 158 Å². The van der Waals surface area contributed by atoms with Crippen LogP contribution in [0.3, 0.4) is 0 Å². The molecule has 1 aromatic heterocycles. The van der Waals surface area contributed by atoms with E-state index in [2.05, 4.69) is 223 Å². The zero-order valence-electron chi connectivity index (χ0n) is 47.0. The van der Waals surface area contributed by atoms with Gasteiger partial charge in [-0.2, -0.15) is 0 Å². The van der Waals surface area contributed by atoms with E-state index in [-0.39, 0.29) is 44.8 Å². The fourth-order valence-electron chi connectivity index (χ4n) is 15.9. The van der Waals surface area contributed by atoms with E-state index < -0.39 is 0 Å². The van der Waals surface area contributed by atoms with Gasteiger partial charge in [0.25, 0.3) is 0 Å². The SMILES string of the molecule is Cc1cc2c(cc1N1c3ccc4c(c3B3c5c(cc6c(oc7ccccc76)c51)-c1cc5c(cc1N3c1ccc3c(c1)C(C)(C)CCC3(C)C)C(C)(C)CCC5(C)C)C(C)(C)c1ccccc1-4)C(C)(C)CCC2(C)C. The van der Waals surface area contributed by atoms with Crippen LogP contribution in [0.15, 0.2) is 114 Å². The molecule has 3 heterocycles. The van der Waals surface area contributed by atoms with Gasteiger partial charge in [0.05, 0.1) is 5.69 Å². The summed E-state index contributed by atoms with van der Waals surface area (Å²) in [7, 11) is 0. The van der Waals surface area contributed by atoms with E-state index in [1.807, 2.05) is 0 Å². The first-order valence-corrected chi connectivity index (χ1v) is 28.2. The molecule has 14 rings (SSSR count). The second-order valence-corrected chi connectivity index (χ2v) is 28.5. The first-order chi connectivity index (χ1) is 34.8. The predicted molar refractivity (Wildman–Crippen MR) is 316 cm³/mol. The summed E-state index contributed by atoms with van der Waals surface area (Å²) in [5.74, 6) is 0. The van der Waals surface area contributed by atoms with Crippen molar-refractivity contribution in [3.63, 3.8) is 0 Å². The number of furan rings is 1. The minimum atomic E-state index is -0.281. The number of nitrogens with zero attached hydrogens (tertiary/aromatic N) is 2. The molecule has 0 saturated heterocycles. The molecule has 8 aromatic rings. The third-order valence-corrected chi connectivity index (χ3v) is 20.7. The van der Waals surface area contributed by atoms with E-state index in [1.165, 1.54) is 135 Å². The molecular formula is C70H75BN2O. The van der Waals surface area contributed by atoms with Crippen LogP contribution in [-0.4, -0.2) is 6.85 Å². The van der Waals surface area contributed by atoms with Gasteiger partial charge in [-0.05, 0) is 204 Å². The Kier molecular flexibility index (Phi) is 9.10. The van der Waals surface area contributed by atoms with E-state index in [9.17, 15) is 0 Å². The van der Waals surface area contributed by atoms with Crippen LogP contribution in [-0.2, 0) is 37.9 Å². The van der Waals surface area contributed by atoms with E-state index in [0.29, 0.717) is 0 Å². The molecule has 0 atom stereocenters. The second-order valence-electron chi connectivity index (χ2n) is 28.5. The highest BCUT2D eigenvalue weighted by molar-refractivity contribution is 6.94. The Labute approximate surface area is 441 Å². The summed E-state index contributed by atoms with van der Waals surface area (Å²) in [6, 6.07) is 43.9. The van der Waals surface area contributed by atoms with Gasteiger partial charge in [0, 0.05) is 44.5 Å². The van der Waals surface area contributed by atoms with Crippen LogP contribution in [0.1, 0.15) is 186 Å². The van der Waals surface area contributed by atoms with Crippen LogP contribution < -0.4 is 20.6 Å². The lowest BCUT2D eigenvalue weighted by Crippen LogP contribution is -2.63. The molecule has 3 nitrogen and oxygen atoms in total. The topological polar surface area (TPSA) is 19.6 Å². The van der Waals surface area contributed by atoms with Crippen molar-refractivity contribution in [2.45, 2.75) is 180 Å². The zero-order valence-corrected chi connectivity index (χ0v) is 47.0. The summed E-state index contributed by atoms with van der Waals surface area (Å²) in [6.07, 6.45) is 7.00. The number of fused-ring (bicyclic) bond motifs is 15. The molecule has 0 fully saturated rings. The van der Waals surface area contributed by atoms with Gasteiger partial charge >= 0.3 is 6.85 Å². The number of benzene rings is 7. The molecule has 0 saturated carbocycles. The first-order valence-electron chi connectivity index (χ1n) is 28.2. The molecule has 7 aromatic carbocycles. The fourth-order valence-corrected chi connectivity index (χ4v) is 15.9. The number of hydrogen-bond acceptors (Lipinski definition) is 3. The monoisotopic (exact) mass is 971 g/mol. The molecule has 74 heavy (non-hydrogen) atoms. The number of aryl methyl sites for hydroxylation is 1. The maximum Gasteiger partial charge on any atom is 0.333 e. The molecule has 2 aliphatic heterocycles. The van der Waals surface area contributed by atoms with E-state index in [0.717, 1.165) is 36.8 Å². The van der Waals surface area contributed by atoms with Gasteiger partial charge in [-0.25, -0.2) is 0 Å². The number of rotatable bonds is 2. The second kappa shape index (κ2) is 14.5. The van der Waals surface area contributed by atoms with Gasteiger partial charge in [-0.3, -0.25) is 0 Å². The Balaban J connectivity index is 1.20. The summed E-state index contributed by atoms with van der Waals surface area (Å²) in [4.78, 5) is 5.57. The minimum Gasteiger partial charge on any atom is -0.454 e. The van der Waals surface area contributed by atoms with Crippen LogP contribution in [0.2, 0.25) is 0 Å². The lowest BCUT2D eigenvalue weighted by molar-refractivity contribution is 0.332. The van der Waals surface area contributed by atoms with Crippen LogP contribution in [0.25, 0.3) is 44.2 Å². The molecule has 4 heteroatoms. The molecule has 0 spiro atoms. The van der Waals surface area contributed by atoms with Crippen LogP contribution >= 0.6 is 0 Å². The molecule has 0 radical (unpaired) electrons. The van der Waals surface area contributed by atoms with Crippen molar-refractivity contribution in [3.05, 3.63) is 159 Å². The zero-order chi connectivity index (χ0) is 51.8. The number of anilines is 5.